The van der Waals surface area contributed by atoms with Crippen molar-refractivity contribution in [1.29, 1.82) is 0 Å². The van der Waals surface area contributed by atoms with Crippen LogP contribution in [0.2, 0.25) is 0 Å². The Morgan fingerprint density at radius 3 is 2.82 bits per heavy atom. The minimum Gasteiger partial charge on any atom is -0.305 e. The van der Waals surface area contributed by atoms with Crippen molar-refractivity contribution in [2.75, 3.05) is 0 Å². The first-order valence-electron chi connectivity index (χ1n) is 5.68. The lowest BCUT2D eigenvalue weighted by atomic mass is 10.1. The second kappa shape index (κ2) is 5.80. The van der Waals surface area contributed by atoms with Gasteiger partial charge in [-0.3, -0.25) is 0 Å². The van der Waals surface area contributed by atoms with Gasteiger partial charge < -0.3 is 5.32 Å². The van der Waals surface area contributed by atoms with Crippen molar-refractivity contribution in [2.24, 2.45) is 0 Å². The lowest BCUT2D eigenvalue weighted by Gasteiger charge is -2.12. The van der Waals surface area contributed by atoms with Crippen LogP contribution in [0.1, 0.15) is 29.0 Å². The zero-order chi connectivity index (χ0) is 12.3. The van der Waals surface area contributed by atoms with Gasteiger partial charge in [0, 0.05) is 21.9 Å². The number of nitrogens with one attached hydrogen (secondary N) is 1. The molecule has 3 heteroatoms. The van der Waals surface area contributed by atoms with Crippen LogP contribution in [0, 0.1) is 6.92 Å². The van der Waals surface area contributed by atoms with E-state index in [9.17, 15) is 0 Å². The standard InChI is InChI=1S/C14H16BrNS/c1-10-5-6-12(8-13(10)15)9-16-11(2)14-4-3-7-17-14/h3-8,11,16H,9H2,1-2H3/t11-/m0/s1. The number of halogens is 1. The molecule has 0 amide bonds. The highest BCUT2D eigenvalue weighted by atomic mass is 79.9. The Bertz CT molecular complexity index is 479. The Morgan fingerprint density at radius 1 is 1.35 bits per heavy atom. The fourth-order valence-corrected chi connectivity index (χ4v) is 2.84. The van der Waals surface area contributed by atoms with E-state index in [4.69, 9.17) is 0 Å². The molecule has 1 heterocycles. The average molecular weight is 310 g/mol. The van der Waals surface area contributed by atoms with Gasteiger partial charge in [-0.15, -0.1) is 11.3 Å². The Hall–Kier alpha value is -0.640. The summed E-state index contributed by atoms with van der Waals surface area (Å²) in [4.78, 5) is 1.39. The third-order valence-corrected chi connectivity index (χ3v) is 4.73. The molecule has 1 N–H and O–H groups in total. The smallest absolute Gasteiger partial charge is 0.0388 e. The highest BCUT2D eigenvalue weighted by Gasteiger charge is 2.05. The summed E-state index contributed by atoms with van der Waals surface area (Å²) in [5.41, 5.74) is 2.59. The molecule has 17 heavy (non-hydrogen) atoms. The molecule has 1 nitrogen and oxygen atoms in total. The summed E-state index contributed by atoms with van der Waals surface area (Å²) >= 11 is 5.37. The molecule has 0 bridgehead atoms. The molecule has 90 valence electrons. The van der Waals surface area contributed by atoms with E-state index in [2.05, 4.69) is 70.8 Å². The van der Waals surface area contributed by atoms with Crippen LogP contribution >= 0.6 is 27.3 Å². The summed E-state index contributed by atoms with van der Waals surface area (Å²) in [7, 11) is 0. The Morgan fingerprint density at radius 2 is 2.18 bits per heavy atom. The predicted molar refractivity (Wildman–Crippen MR) is 78.5 cm³/mol. The highest BCUT2D eigenvalue weighted by Crippen LogP contribution is 2.20. The number of hydrogen-bond acceptors (Lipinski definition) is 2. The normalized spacial score (nSPS) is 12.6. The largest absolute Gasteiger partial charge is 0.305 e. The third kappa shape index (κ3) is 3.41. The van der Waals surface area contributed by atoms with Crippen LogP contribution in [0.15, 0.2) is 40.2 Å². The summed E-state index contributed by atoms with van der Waals surface area (Å²) in [6, 6.07) is 11.2. The highest BCUT2D eigenvalue weighted by molar-refractivity contribution is 9.10. The number of aryl methyl sites for hydroxylation is 1. The maximum atomic E-state index is 3.57. The summed E-state index contributed by atoms with van der Waals surface area (Å²) in [5.74, 6) is 0. The van der Waals surface area contributed by atoms with Crippen molar-refractivity contribution in [2.45, 2.75) is 26.4 Å². The van der Waals surface area contributed by atoms with Gasteiger partial charge >= 0.3 is 0 Å². The molecular formula is C14H16BrNS. The van der Waals surface area contributed by atoms with Gasteiger partial charge in [-0.05, 0) is 42.5 Å². The van der Waals surface area contributed by atoms with Gasteiger partial charge in [0.2, 0.25) is 0 Å². The average Bonchev–Trinajstić information content (AvgIpc) is 2.84. The SMILES string of the molecule is Cc1ccc(CN[C@@H](C)c2cccs2)cc1Br. The molecule has 0 radical (unpaired) electrons. The lowest BCUT2D eigenvalue weighted by molar-refractivity contribution is 0.583. The Kier molecular flexibility index (Phi) is 4.37. The molecule has 0 saturated heterocycles. The summed E-state index contributed by atoms with van der Waals surface area (Å²) in [6.07, 6.45) is 0. The molecule has 0 unspecified atom stereocenters. The van der Waals surface area contributed by atoms with E-state index >= 15 is 0 Å². The topological polar surface area (TPSA) is 12.0 Å². The Labute approximate surface area is 115 Å². The first kappa shape index (κ1) is 12.8. The van der Waals surface area contributed by atoms with Crippen LogP contribution in [-0.2, 0) is 6.54 Å². The summed E-state index contributed by atoms with van der Waals surface area (Å²) in [5, 5.41) is 5.66. The fraction of sp³-hybridized carbons (Fsp3) is 0.286. The van der Waals surface area contributed by atoms with Crippen LogP contribution in [-0.4, -0.2) is 0 Å². The van der Waals surface area contributed by atoms with E-state index in [0.29, 0.717) is 6.04 Å². The molecule has 1 atom stereocenters. The van der Waals surface area contributed by atoms with E-state index in [1.54, 1.807) is 11.3 Å². The molecule has 1 aromatic carbocycles. The van der Waals surface area contributed by atoms with Crippen LogP contribution in [0.5, 0.6) is 0 Å². The monoisotopic (exact) mass is 309 g/mol. The van der Waals surface area contributed by atoms with Gasteiger partial charge in [-0.1, -0.05) is 34.1 Å². The number of rotatable bonds is 4. The van der Waals surface area contributed by atoms with Gasteiger partial charge in [0.1, 0.15) is 0 Å². The quantitative estimate of drug-likeness (QED) is 0.865. The third-order valence-electron chi connectivity index (χ3n) is 2.82. The van der Waals surface area contributed by atoms with Crippen molar-refractivity contribution in [3.63, 3.8) is 0 Å². The van der Waals surface area contributed by atoms with Crippen LogP contribution in [0.25, 0.3) is 0 Å². The van der Waals surface area contributed by atoms with E-state index in [-0.39, 0.29) is 0 Å². The maximum Gasteiger partial charge on any atom is 0.0388 e. The maximum absolute atomic E-state index is 3.57. The van der Waals surface area contributed by atoms with Crippen molar-refractivity contribution >= 4 is 27.3 Å². The fourth-order valence-electron chi connectivity index (χ4n) is 1.66. The van der Waals surface area contributed by atoms with Crippen molar-refractivity contribution in [3.8, 4) is 0 Å². The second-order valence-electron chi connectivity index (χ2n) is 4.20. The lowest BCUT2D eigenvalue weighted by Crippen LogP contribution is -2.17. The molecule has 2 aromatic rings. The van der Waals surface area contributed by atoms with Gasteiger partial charge in [0.05, 0.1) is 0 Å². The molecule has 0 aliphatic carbocycles. The zero-order valence-electron chi connectivity index (χ0n) is 10.0. The molecular weight excluding hydrogens is 294 g/mol. The van der Waals surface area contributed by atoms with Crippen molar-refractivity contribution < 1.29 is 0 Å². The molecule has 1 aromatic heterocycles. The van der Waals surface area contributed by atoms with E-state index in [0.717, 1.165) is 6.54 Å². The van der Waals surface area contributed by atoms with E-state index < -0.39 is 0 Å². The van der Waals surface area contributed by atoms with Gasteiger partial charge in [-0.25, -0.2) is 0 Å². The van der Waals surface area contributed by atoms with Crippen LogP contribution < -0.4 is 5.32 Å². The number of thiophene rings is 1. The van der Waals surface area contributed by atoms with Crippen LogP contribution in [0.4, 0.5) is 0 Å². The molecule has 2 rings (SSSR count). The minimum atomic E-state index is 0.412. The van der Waals surface area contributed by atoms with Crippen LogP contribution in [0.3, 0.4) is 0 Å². The van der Waals surface area contributed by atoms with E-state index in [1.165, 1.54) is 20.5 Å². The minimum absolute atomic E-state index is 0.412. The van der Waals surface area contributed by atoms with Crippen molar-refractivity contribution in [1.82, 2.24) is 5.32 Å². The first-order chi connectivity index (χ1) is 8.16. The van der Waals surface area contributed by atoms with Gasteiger partial charge in [0.15, 0.2) is 0 Å². The number of hydrogen-bond donors (Lipinski definition) is 1. The Balaban J connectivity index is 1.96. The van der Waals surface area contributed by atoms with Gasteiger partial charge in [-0.2, -0.15) is 0 Å². The molecule has 0 fully saturated rings. The summed E-state index contributed by atoms with van der Waals surface area (Å²) < 4.78 is 1.18. The first-order valence-corrected chi connectivity index (χ1v) is 7.36. The summed E-state index contributed by atoms with van der Waals surface area (Å²) in [6.45, 7) is 5.21. The second-order valence-corrected chi connectivity index (χ2v) is 6.04. The molecule has 0 saturated carbocycles. The van der Waals surface area contributed by atoms with Gasteiger partial charge in [0.25, 0.3) is 0 Å². The zero-order valence-corrected chi connectivity index (χ0v) is 12.4. The molecule has 0 aliphatic rings. The molecule has 0 aliphatic heterocycles. The molecule has 0 spiro atoms. The predicted octanol–water partition coefficient (Wildman–Crippen LogP) is 4.67. The number of benzene rings is 1. The van der Waals surface area contributed by atoms with Crippen molar-refractivity contribution in [3.05, 3.63) is 56.2 Å². The van der Waals surface area contributed by atoms with E-state index in [1.807, 2.05) is 0 Å².